The lowest BCUT2D eigenvalue weighted by molar-refractivity contribution is 0.496. The van der Waals surface area contributed by atoms with E-state index in [1.54, 1.807) is 0 Å². The lowest BCUT2D eigenvalue weighted by Gasteiger charge is -2.30. The first kappa shape index (κ1) is 17.9. The summed E-state index contributed by atoms with van der Waals surface area (Å²) in [6, 6.07) is 4.67. The molecule has 22 heavy (non-hydrogen) atoms. The minimum atomic E-state index is -1.63. The molecule has 1 aromatic rings. The largest absolute Gasteiger partial charge is 0.543 e. The van der Waals surface area contributed by atoms with Crippen LogP contribution in [0.2, 0.25) is 19.6 Å². The standard InChI is InChI=1S/C19H32OSSi/c1-14-12-16(19(2,3)4)18(20-22(5,6)7)17(13-14)21-15-10-8-9-11-15/h12-13,15H,8-11H2,1-7H3. The van der Waals surface area contributed by atoms with Gasteiger partial charge in [0.15, 0.2) is 0 Å². The molecule has 0 spiro atoms. The van der Waals surface area contributed by atoms with E-state index in [0.29, 0.717) is 0 Å². The van der Waals surface area contributed by atoms with Gasteiger partial charge in [0.1, 0.15) is 5.75 Å². The SMILES string of the molecule is Cc1cc(SC2CCCC2)c(O[Si](C)(C)C)c(C(C)(C)C)c1. The summed E-state index contributed by atoms with van der Waals surface area (Å²) in [5, 5.41) is 0.776. The van der Waals surface area contributed by atoms with Crippen molar-refractivity contribution in [3.05, 3.63) is 23.3 Å². The third-order valence-electron chi connectivity index (χ3n) is 4.01. The van der Waals surface area contributed by atoms with Crippen molar-refractivity contribution < 1.29 is 4.43 Å². The van der Waals surface area contributed by atoms with E-state index < -0.39 is 8.32 Å². The Morgan fingerprint density at radius 1 is 1.09 bits per heavy atom. The maximum Gasteiger partial charge on any atom is 0.242 e. The zero-order valence-electron chi connectivity index (χ0n) is 15.4. The van der Waals surface area contributed by atoms with Gasteiger partial charge in [-0.25, -0.2) is 0 Å². The Labute approximate surface area is 142 Å². The second-order valence-corrected chi connectivity index (χ2v) is 14.4. The van der Waals surface area contributed by atoms with Crippen LogP contribution in [-0.2, 0) is 5.41 Å². The minimum absolute atomic E-state index is 0.117. The van der Waals surface area contributed by atoms with E-state index in [1.165, 1.54) is 47.5 Å². The lowest BCUT2D eigenvalue weighted by Crippen LogP contribution is -2.31. The molecule has 0 radical (unpaired) electrons. The summed E-state index contributed by atoms with van der Waals surface area (Å²) in [7, 11) is -1.63. The molecule has 0 aliphatic heterocycles. The first-order valence-corrected chi connectivity index (χ1v) is 12.9. The highest BCUT2D eigenvalue weighted by molar-refractivity contribution is 8.00. The van der Waals surface area contributed by atoms with Crippen LogP contribution < -0.4 is 4.43 Å². The molecule has 0 bridgehead atoms. The Balaban J connectivity index is 2.46. The van der Waals surface area contributed by atoms with Gasteiger partial charge in [-0.1, -0.05) is 39.7 Å². The van der Waals surface area contributed by atoms with Crippen LogP contribution in [-0.4, -0.2) is 13.6 Å². The topological polar surface area (TPSA) is 9.23 Å². The van der Waals surface area contributed by atoms with Gasteiger partial charge in [-0.05, 0) is 62.0 Å². The Morgan fingerprint density at radius 2 is 1.68 bits per heavy atom. The number of aryl methyl sites for hydroxylation is 1. The van der Waals surface area contributed by atoms with Crippen molar-refractivity contribution in [1.29, 1.82) is 0 Å². The van der Waals surface area contributed by atoms with Crippen molar-refractivity contribution in [2.75, 3.05) is 0 Å². The van der Waals surface area contributed by atoms with E-state index in [1.807, 2.05) is 0 Å². The Morgan fingerprint density at radius 3 is 2.18 bits per heavy atom. The van der Waals surface area contributed by atoms with Crippen molar-refractivity contribution >= 4 is 20.1 Å². The average molecular weight is 337 g/mol. The van der Waals surface area contributed by atoms with Gasteiger partial charge < -0.3 is 4.43 Å². The Hall–Kier alpha value is -0.413. The summed E-state index contributed by atoms with van der Waals surface area (Å²) in [6.45, 7) is 15.9. The van der Waals surface area contributed by atoms with Gasteiger partial charge in [0.05, 0.1) is 0 Å². The third-order valence-corrected chi connectivity index (χ3v) is 6.19. The molecular weight excluding hydrogens is 304 g/mol. The number of thioether (sulfide) groups is 1. The second-order valence-electron chi connectivity index (χ2n) is 8.63. The molecule has 0 atom stereocenters. The predicted molar refractivity (Wildman–Crippen MR) is 102 cm³/mol. The van der Waals surface area contributed by atoms with Crippen LogP contribution in [0.15, 0.2) is 17.0 Å². The second kappa shape index (κ2) is 6.60. The summed E-state index contributed by atoms with van der Waals surface area (Å²) >= 11 is 2.06. The van der Waals surface area contributed by atoms with Gasteiger partial charge >= 0.3 is 0 Å². The van der Waals surface area contributed by atoms with Crippen LogP contribution in [0.3, 0.4) is 0 Å². The van der Waals surface area contributed by atoms with Crippen LogP contribution in [0.1, 0.15) is 57.6 Å². The molecule has 0 N–H and O–H groups in total. The number of hydrogen-bond acceptors (Lipinski definition) is 2. The molecule has 0 saturated heterocycles. The molecule has 1 aliphatic carbocycles. The van der Waals surface area contributed by atoms with Crippen LogP contribution in [0, 0.1) is 6.92 Å². The molecular formula is C19H32OSSi. The maximum atomic E-state index is 6.57. The van der Waals surface area contributed by atoms with Gasteiger partial charge in [-0.15, -0.1) is 11.8 Å². The predicted octanol–water partition coefficient (Wildman–Crippen LogP) is 6.54. The molecule has 0 amide bonds. The van der Waals surface area contributed by atoms with Gasteiger partial charge in [-0.2, -0.15) is 0 Å². The van der Waals surface area contributed by atoms with E-state index in [4.69, 9.17) is 4.43 Å². The smallest absolute Gasteiger partial charge is 0.242 e. The highest BCUT2D eigenvalue weighted by Crippen LogP contribution is 2.45. The number of hydrogen-bond donors (Lipinski definition) is 0. The zero-order valence-corrected chi connectivity index (χ0v) is 17.2. The molecule has 1 nitrogen and oxygen atoms in total. The molecule has 1 aromatic carbocycles. The highest BCUT2D eigenvalue weighted by Gasteiger charge is 2.28. The minimum Gasteiger partial charge on any atom is -0.543 e. The molecule has 124 valence electrons. The van der Waals surface area contributed by atoms with Crippen molar-refractivity contribution in [2.24, 2.45) is 0 Å². The number of benzene rings is 1. The molecule has 1 saturated carbocycles. The van der Waals surface area contributed by atoms with E-state index in [9.17, 15) is 0 Å². The quantitative estimate of drug-likeness (QED) is 0.577. The first-order valence-electron chi connectivity index (χ1n) is 8.57. The fourth-order valence-corrected chi connectivity index (χ4v) is 5.33. The van der Waals surface area contributed by atoms with E-state index in [0.717, 1.165) is 5.25 Å². The summed E-state index contributed by atoms with van der Waals surface area (Å²) < 4.78 is 6.57. The van der Waals surface area contributed by atoms with Gasteiger partial charge in [-0.3, -0.25) is 0 Å². The molecule has 0 aromatic heterocycles. The van der Waals surface area contributed by atoms with E-state index >= 15 is 0 Å². The average Bonchev–Trinajstić information content (AvgIpc) is 2.82. The number of rotatable bonds is 4. The summed E-state index contributed by atoms with van der Waals surface area (Å²) in [5.74, 6) is 1.18. The van der Waals surface area contributed by atoms with Crippen LogP contribution in [0.4, 0.5) is 0 Å². The maximum absolute atomic E-state index is 6.57. The van der Waals surface area contributed by atoms with E-state index in [2.05, 4.69) is 71.2 Å². The van der Waals surface area contributed by atoms with Crippen molar-refractivity contribution in [2.45, 2.75) is 88.6 Å². The monoisotopic (exact) mass is 336 g/mol. The summed E-state index contributed by atoms with van der Waals surface area (Å²) in [5.41, 5.74) is 2.84. The fourth-order valence-electron chi connectivity index (χ4n) is 2.98. The molecule has 3 heteroatoms. The van der Waals surface area contributed by atoms with Crippen LogP contribution in [0.5, 0.6) is 5.75 Å². The fraction of sp³-hybridized carbons (Fsp3) is 0.684. The molecule has 1 fully saturated rings. The third kappa shape index (κ3) is 4.79. The Kier molecular flexibility index (Phi) is 5.38. The van der Waals surface area contributed by atoms with Gasteiger partial charge in [0.2, 0.25) is 8.32 Å². The molecule has 0 heterocycles. The Bertz CT molecular complexity index is 519. The highest BCUT2D eigenvalue weighted by atomic mass is 32.2. The van der Waals surface area contributed by atoms with E-state index in [-0.39, 0.29) is 5.41 Å². The first-order chi connectivity index (χ1) is 10.1. The molecule has 2 rings (SSSR count). The van der Waals surface area contributed by atoms with Crippen LogP contribution >= 0.6 is 11.8 Å². The van der Waals surface area contributed by atoms with Crippen molar-refractivity contribution in [1.82, 2.24) is 0 Å². The molecule has 0 unspecified atom stereocenters. The van der Waals surface area contributed by atoms with Crippen molar-refractivity contribution in [3.63, 3.8) is 0 Å². The summed E-state index contributed by atoms with van der Waals surface area (Å²) in [6.07, 6.45) is 5.49. The lowest BCUT2D eigenvalue weighted by atomic mass is 9.85. The van der Waals surface area contributed by atoms with Crippen LogP contribution in [0.25, 0.3) is 0 Å². The van der Waals surface area contributed by atoms with Crippen molar-refractivity contribution in [3.8, 4) is 5.75 Å². The zero-order chi connectivity index (χ0) is 16.5. The van der Waals surface area contributed by atoms with Gasteiger partial charge in [0, 0.05) is 10.1 Å². The molecule has 1 aliphatic rings. The van der Waals surface area contributed by atoms with Gasteiger partial charge in [0.25, 0.3) is 0 Å². The normalized spacial score (nSPS) is 17.0. The summed E-state index contributed by atoms with van der Waals surface area (Å²) in [4.78, 5) is 1.37.